The van der Waals surface area contributed by atoms with Crippen LogP contribution >= 0.6 is 0 Å². The standard InChI is InChI=1S/C16H26O/c1-13(7-11-17)6-10-16-12-15(16,4)9-5-8-14(16,2)3/h6-7,10,17H,5,8-9,11-12H2,1-4H3/b10-6+,13-7+. The molecule has 2 atom stereocenters. The minimum atomic E-state index is 0.143. The van der Waals surface area contributed by atoms with E-state index in [0.717, 1.165) is 0 Å². The Morgan fingerprint density at radius 2 is 1.94 bits per heavy atom. The molecule has 17 heavy (non-hydrogen) atoms. The first kappa shape index (κ1) is 12.9. The van der Waals surface area contributed by atoms with Crippen molar-refractivity contribution in [3.63, 3.8) is 0 Å². The summed E-state index contributed by atoms with van der Waals surface area (Å²) in [5.74, 6) is 0. The van der Waals surface area contributed by atoms with Gasteiger partial charge in [0.25, 0.3) is 0 Å². The molecule has 0 saturated heterocycles. The van der Waals surface area contributed by atoms with Gasteiger partial charge in [0.2, 0.25) is 0 Å². The smallest absolute Gasteiger partial charge is 0.0617 e. The van der Waals surface area contributed by atoms with Gasteiger partial charge < -0.3 is 5.11 Å². The largest absolute Gasteiger partial charge is 0.392 e. The Kier molecular flexibility index (Phi) is 3.02. The number of fused-ring (bicyclic) bond motifs is 1. The zero-order valence-corrected chi connectivity index (χ0v) is 11.7. The third-order valence-corrected chi connectivity index (χ3v) is 5.40. The minimum Gasteiger partial charge on any atom is -0.392 e. The van der Waals surface area contributed by atoms with Crippen LogP contribution in [0.1, 0.15) is 53.4 Å². The summed E-state index contributed by atoms with van der Waals surface area (Å²) >= 11 is 0. The van der Waals surface area contributed by atoms with Crippen LogP contribution in [0.2, 0.25) is 0 Å². The summed E-state index contributed by atoms with van der Waals surface area (Å²) in [6.07, 6.45) is 12.0. The predicted molar refractivity (Wildman–Crippen MR) is 72.8 cm³/mol. The molecule has 0 bridgehead atoms. The first-order chi connectivity index (χ1) is 7.87. The van der Waals surface area contributed by atoms with Crippen molar-refractivity contribution in [2.24, 2.45) is 16.2 Å². The molecule has 0 spiro atoms. The van der Waals surface area contributed by atoms with Crippen LogP contribution in [-0.2, 0) is 0 Å². The first-order valence-corrected chi connectivity index (χ1v) is 6.84. The van der Waals surface area contributed by atoms with E-state index in [1.54, 1.807) is 0 Å². The van der Waals surface area contributed by atoms with E-state index in [1.807, 2.05) is 6.08 Å². The molecule has 2 fully saturated rings. The van der Waals surface area contributed by atoms with E-state index in [0.29, 0.717) is 16.2 Å². The first-order valence-electron chi connectivity index (χ1n) is 6.84. The van der Waals surface area contributed by atoms with Gasteiger partial charge in [-0.05, 0) is 42.4 Å². The van der Waals surface area contributed by atoms with Crippen molar-refractivity contribution in [2.45, 2.75) is 53.4 Å². The van der Waals surface area contributed by atoms with Crippen molar-refractivity contribution in [3.05, 3.63) is 23.8 Å². The monoisotopic (exact) mass is 234 g/mol. The van der Waals surface area contributed by atoms with Crippen LogP contribution in [0, 0.1) is 16.2 Å². The average molecular weight is 234 g/mol. The zero-order chi connectivity index (χ0) is 12.7. The Bertz CT molecular complexity index is 364. The van der Waals surface area contributed by atoms with Gasteiger partial charge in [0.05, 0.1) is 6.61 Å². The van der Waals surface area contributed by atoms with E-state index in [4.69, 9.17) is 5.11 Å². The molecule has 0 amide bonds. The summed E-state index contributed by atoms with van der Waals surface area (Å²) in [5, 5.41) is 8.89. The predicted octanol–water partition coefficient (Wildman–Crippen LogP) is 4.09. The van der Waals surface area contributed by atoms with Crippen LogP contribution in [-0.4, -0.2) is 11.7 Å². The van der Waals surface area contributed by atoms with Crippen LogP contribution < -0.4 is 0 Å². The third kappa shape index (κ3) is 1.89. The fourth-order valence-electron chi connectivity index (χ4n) is 4.05. The van der Waals surface area contributed by atoms with E-state index in [2.05, 4.69) is 39.8 Å². The summed E-state index contributed by atoms with van der Waals surface area (Å²) in [7, 11) is 0. The van der Waals surface area contributed by atoms with Gasteiger partial charge in [-0.1, -0.05) is 51.0 Å². The van der Waals surface area contributed by atoms with Gasteiger partial charge in [-0.2, -0.15) is 0 Å². The Morgan fingerprint density at radius 1 is 1.24 bits per heavy atom. The summed E-state index contributed by atoms with van der Waals surface area (Å²) < 4.78 is 0. The number of hydrogen-bond donors (Lipinski definition) is 1. The van der Waals surface area contributed by atoms with Gasteiger partial charge in [0.15, 0.2) is 0 Å². The molecule has 2 saturated carbocycles. The maximum atomic E-state index is 8.89. The van der Waals surface area contributed by atoms with E-state index in [-0.39, 0.29) is 6.61 Å². The topological polar surface area (TPSA) is 20.2 Å². The molecule has 2 aliphatic rings. The van der Waals surface area contributed by atoms with Gasteiger partial charge in [-0.25, -0.2) is 0 Å². The molecule has 2 aliphatic carbocycles. The molecule has 2 unspecified atom stereocenters. The molecule has 0 radical (unpaired) electrons. The number of hydrogen-bond acceptors (Lipinski definition) is 1. The number of rotatable bonds is 3. The maximum absolute atomic E-state index is 8.89. The molecule has 2 rings (SSSR count). The van der Waals surface area contributed by atoms with Crippen LogP contribution in [0.4, 0.5) is 0 Å². The minimum absolute atomic E-state index is 0.143. The van der Waals surface area contributed by atoms with Gasteiger partial charge >= 0.3 is 0 Å². The van der Waals surface area contributed by atoms with Gasteiger partial charge in [0, 0.05) is 0 Å². The Hall–Kier alpha value is -0.560. The molecule has 0 aromatic heterocycles. The van der Waals surface area contributed by atoms with Gasteiger partial charge in [-0.3, -0.25) is 0 Å². The Balaban J connectivity index is 2.22. The molecule has 96 valence electrons. The fraction of sp³-hybridized carbons (Fsp3) is 0.750. The van der Waals surface area contributed by atoms with Crippen molar-refractivity contribution in [1.82, 2.24) is 0 Å². The second-order valence-corrected chi connectivity index (χ2v) is 6.91. The van der Waals surface area contributed by atoms with Crippen LogP contribution in [0.15, 0.2) is 23.8 Å². The van der Waals surface area contributed by atoms with Crippen LogP contribution in [0.3, 0.4) is 0 Å². The Labute approximate surface area is 106 Å². The molecule has 1 heteroatoms. The van der Waals surface area contributed by atoms with Crippen molar-refractivity contribution >= 4 is 0 Å². The number of aliphatic hydroxyl groups is 1. The van der Waals surface area contributed by atoms with Crippen molar-refractivity contribution in [3.8, 4) is 0 Å². The second-order valence-electron chi connectivity index (χ2n) is 6.91. The van der Waals surface area contributed by atoms with Crippen molar-refractivity contribution < 1.29 is 5.11 Å². The van der Waals surface area contributed by atoms with Crippen LogP contribution in [0.5, 0.6) is 0 Å². The lowest BCUT2D eigenvalue weighted by atomic mass is 9.63. The SMILES string of the molecule is CC(/C=C/C12CC1(C)CCCC2(C)C)=C\CO. The molecule has 1 nitrogen and oxygen atoms in total. The molecular formula is C16H26O. The third-order valence-electron chi connectivity index (χ3n) is 5.40. The van der Waals surface area contributed by atoms with Crippen molar-refractivity contribution in [1.29, 1.82) is 0 Å². The lowest BCUT2D eigenvalue weighted by molar-refractivity contribution is 0.119. The van der Waals surface area contributed by atoms with E-state index < -0.39 is 0 Å². The second kappa shape index (κ2) is 3.98. The summed E-state index contributed by atoms with van der Waals surface area (Å²) in [5.41, 5.74) is 2.54. The van der Waals surface area contributed by atoms with E-state index >= 15 is 0 Å². The molecule has 0 heterocycles. The van der Waals surface area contributed by atoms with Gasteiger partial charge in [-0.15, -0.1) is 0 Å². The number of aliphatic hydroxyl groups excluding tert-OH is 1. The van der Waals surface area contributed by atoms with E-state index in [9.17, 15) is 0 Å². The highest BCUT2D eigenvalue weighted by molar-refractivity contribution is 5.31. The maximum Gasteiger partial charge on any atom is 0.0617 e. The molecular weight excluding hydrogens is 208 g/mol. The zero-order valence-electron chi connectivity index (χ0n) is 11.7. The molecule has 0 aromatic rings. The van der Waals surface area contributed by atoms with Crippen molar-refractivity contribution in [2.75, 3.05) is 6.61 Å². The van der Waals surface area contributed by atoms with Gasteiger partial charge in [0.1, 0.15) is 0 Å². The fourth-order valence-corrected chi connectivity index (χ4v) is 4.05. The lowest BCUT2D eigenvalue weighted by Crippen LogP contribution is -2.32. The highest BCUT2D eigenvalue weighted by Gasteiger charge is 2.69. The Morgan fingerprint density at radius 3 is 2.53 bits per heavy atom. The molecule has 0 aromatic carbocycles. The van der Waals surface area contributed by atoms with E-state index in [1.165, 1.54) is 31.3 Å². The molecule has 1 N–H and O–H groups in total. The van der Waals surface area contributed by atoms with Crippen LogP contribution in [0.25, 0.3) is 0 Å². The highest BCUT2D eigenvalue weighted by Crippen LogP contribution is 2.78. The highest BCUT2D eigenvalue weighted by atomic mass is 16.2. The average Bonchev–Trinajstić information content (AvgIpc) is 2.84. The summed E-state index contributed by atoms with van der Waals surface area (Å²) in [4.78, 5) is 0. The summed E-state index contributed by atoms with van der Waals surface area (Å²) in [6, 6.07) is 0. The summed E-state index contributed by atoms with van der Waals surface area (Å²) in [6.45, 7) is 9.51. The quantitative estimate of drug-likeness (QED) is 0.729. The number of allylic oxidation sites excluding steroid dienone is 3. The lowest BCUT2D eigenvalue weighted by Gasteiger charge is -2.41. The molecule has 0 aliphatic heterocycles. The normalized spacial score (nSPS) is 40.4.